The van der Waals surface area contributed by atoms with Crippen molar-refractivity contribution in [2.75, 3.05) is 7.11 Å². The van der Waals surface area contributed by atoms with Crippen LogP contribution < -0.4 is 4.74 Å². The summed E-state index contributed by atoms with van der Waals surface area (Å²) in [7, 11) is 1.54. The maximum Gasteiger partial charge on any atom is 0.367 e. The number of phenolic OH excluding ortho intramolecular Hbond substituents is 1. The molecule has 9 heteroatoms. The molecule has 0 spiro atoms. The molecule has 5 rings (SSSR count). The van der Waals surface area contributed by atoms with Gasteiger partial charge in [-0.2, -0.15) is 0 Å². The fourth-order valence-corrected chi connectivity index (χ4v) is 5.48. The lowest BCUT2D eigenvalue weighted by Crippen LogP contribution is -2.43. The summed E-state index contributed by atoms with van der Waals surface area (Å²) >= 11 is 7.30. The van der Waals surface area contributed by atoms with Crippen LogP contribution in [0.15, 0.2) is 97.1 Å². The Kier molecular flexibility index (Phi) is 8.54. The first-order valence-corrected chi connectivity index (χ1v) is 13.9. The summed E-state index contributed by atoms with van der Waals surface area (Å²) < 4.78 is 6.21. The van der Waals surface area contributed by atoms with Crippen molar-refractivity contribution in [3.8, 4) is 22.6 Å². The van der Waals surface area contributed by atoms with Gasteiger partial charge in [-0.25, -0.2) is 4.79 Å². The van der Waals surface area contributed by atoms with Crippen LogP contribution in [0.25, 0.3) is 21.2 Å². The Bertz CT molecular complexity index is 1680. The molecule has 0 aliphatic carbocycles. The number of carbonyl (C=O) groups excluding carboxylic acids is 1. The van der Waals surface area contributed by atoms with Gasteiger partial charge in [-0.05, 0) is 82.2 Å². The SMILES string of the molecule is COc1cccc(CN(OC(=O)c2cc3cc(-c4ccc(Cl)cc4)ccc3s2)[C@@H](Cc2ccc(O)cc2)C(=O)O)c1. The number of carbonyl (C=O) groups is 2. The highest BCUT2D eigenvalue weighted by Crippen LogP contribution is 2.32. The van der Waals surface area contributed by atoms with Gasteiger partial charge in [0, 0.05) is 16.1 Å². The molecule has 0 fully saturated rings. The van der Waals surface area contributed by atoms with Crippen molar-refractivity contribution in [2.45, 2.75) is 19.0 Å². The second-order valence-corrected chi connectivity index (χ2v) is 10.9. The van der Waals surface area contributed by atoms with Gasteiger partial charge in [-0.3, -0.25) is 4.79 Å². The Balaban J connectivity index is 1.43. The molecule has 1 atom stereocenters. The van der Waals surface area contributed by atoms with Gasteiger partial charge in [0.25, 0.3) is 0 Å². The fraction of sp³-hybridized carbons (Fsp3) is 0.125. The van der Waals surface area contributed by atoms with Crippen LogP contribution in [-0.4, -0.2) is 40.4 Å². The van der Waals surface area contributed by atoms with Crippen LogP contribution >= 0.6 is 22.9 Å². The zero-order valence-corrected chi connectivity index (χ0v) is 23.6. The van der Waals surface area contributed by atoms with E-state index in [4.69, 9.17) is 21.2 Å². The molecule has 0 unspecified atom stereocenters. The quantitative estimate of drug-likeness (QED) is 0.167. The van der Waals surface area contributed by atoms with Crippen molar-refractivity contribution in [1.29, 1.82) is 0 Å². The van der Waals surface area contributed by atoms with Crippen molar-refractivity contribution in [1.82, 2.24) is 5.06 Å². The summed E-state index contributed by atoms with van der Waals surface area (Å²) in [4.78, 5) is 32.1. The minimum Gasteiger partial charge on any atom is -0.508 e. The zero-order chi connectivity index (χ0) is 28.9. The highest BCUT2D eigenvalue weighted by atomic mass is 35.5. The van der Waals surface area contributed by atoms with Gasteiger partial charge in [-0.15, -0.1) is 16.4 Å². The fourth-order valence-electron chi connectivity index (χ4n) is 4.44. The van der Waals surface area contributed by atoms with Crippen LogP contribution in [0.4, 0.5) is 0 Å². The van der Waals surface area contributed by atoms with Gasteiger partial charge in [0.2, 0.25) is 0 Å². The normalized spacial score (nSPS) is 11.9. The summed E-state index contributed by atoms with van der Waals surface area (Å²) in [6.45, 7) is 0.0175. The lowest BCUT2D eigenvalue weighted by atomic mass is 10.0. The molecule has 0 radical (unpaired) electrons. The molecule has 0 bridgehead atoms. The van der Waals surface area contributed by atoms with Crippen molar-refractivity contribution in [2.24, 2.45) is 0 Å². The van der Waals surface area contributed by atoms with Gasteiger partial charge < -0.3 is 19.8 Å². The lowest BCUT2D eigenvalue weighted by Gasteiger charge is -2.27. The van der Waals surface area contributed by atoms with Gasteiger partial charge >= 0.3 is 11.9 Å². The molecule has 0 aliphatic heterocycles. The average Bonchev–Trinajstić information content (AvgIpc) is 3.41. The molecule has 0 amide bonds. The molecular formula is C32H26ClNO6S. The summed E-state index contributed by atoms with van der Waals surface area (Å²) in [5, 5.41) is 22.5. The first kappa shape index (κ1) is 28.2. The molecule has 208 valence electrons. The van der Waals surface area contributed by atoms with Gasteiger partial charge in [0.05, 0.1) is 13.7 Å². The highest BCUT2D eigenvalue weighted by molar-refractivity contribution is 7.20. The molecule has 1 heterocycles. The molecule has 4 aromatic carbocycles. The maximum absolute atomic E-state index is 13.4. The number of carboxylic acid groups (broad SMARTS) is 1. The number of benzene rings is 4. The zero-order valence-electron chi connectivity index (χ0n) is 22.0. The Morgan fingerprint density at radius 3 is 2.34 bits per heavy atom. The van der Waals surface area contributed by atoms with E-state index in [9.17, 15) is 19.8 Å². The van der Waals surface area contributed by atoms with Crippen LogP contribution in [-0.2, 0) is 22.6 Å². The Morgan fingerprint density at radius 2 is 1.63 bits per heavy atom. The third-order valence-electron chi connectivity index (χ3n) is 6.57. The minimum atomic E-state index is -1.19. The maximum atomic E-state index is 13.4. The van der Waals surface area contributed by atoms with E-state index in [0.29, 0.717) is 26.8 Å². The lowest BCUT2D eigenvalue weighted by molar-refractivity contribution is -0.174. The van der Waals surface area contributed by atoms with E-state index in [0.717, 1.165) is 21.2 Å². The van der Waals surface area contributed by atoms with Crippen molar-refractivity contribution >= 4 is 45.0 Å². The first-order chi connectivity index (χ1) is 19.8. The smallest absolute Gasteiger partial charge is 0.367 e. The molecule has 0 saturated heterocycles. The number of halogens is 1. The molecule has 2 N–H and O–H groups in total. The largest absolute Gasteiger partial charge is 0.508 e. The number of hydrogen-bond donors (Lipinski definition) is 2. The highest BCUT2D eigenvalue weighted by Gasteiger charge is 2.31. The number of thiophene rings is 1. The monoisotopic (exact) mass is 587 g/mol. The number of methoxy groups -OCH3 is 1. The van der Waals surface area contributed by atoms with Crippen molar-refractivity contribution in [3.63, 3.8) is 0 Å². The number of nitrogens with zero attached hydrogens (tertiary/aromatic N) is 1. The first-order valence-electron chi connectivity index (χ1n) is 12.7. The molecule has 5 aromatic rings. The van der Waals surface area contributed by atoms with E-state index in [1.165, 1.54) is 28.5 Å². The van der Waals surface area contributed by atoms with Crippen molar-refractivity contribution < 1.29 is 29.4 Å². The predicted octanol–water partition coefficient (Wildman–Crippen LogP) is 7.21. The number of hydroxylamine groups is 2. The Morgan fingerprint density at radius 1 is 0.902 bits per heavy atom. The molecule has 1 aromatic heterocycles. The number of phenols is 1. The number of aromatic hydroxyl groups is 1. The number of carboxylic acids is 1. The van der Waals surface area contributed by atoms with Gasteiger partial charge in [0.15, 0.2) is 0 Å². The van der Waals surface area contributed by atoms with E-state index < -0.39 is 18.0 Å². The topological polar surface area (TPSA) is 96.3 Å². The van der Waals surface area contributed by atoms with Gasteiger partial charge in [0.1, 0.15) is 22.4 Å². The molecule has 0 aliphatic rings. The summed E-state index contributed by atoms with van der Waals surface area (Å²) in [5.74, 6) is -1.14. The van der Waals surface area contributed by atoms with E-state index in [-0.39, 0.29) is 18.7 Å². The van der Waals surface area contributed by atoms with E-state index >= 15 is 0 Å². The number of rotatable bonds is 10. The Hall–Kier alpha value is -4.37. The Labute approximate surface area is 245 Å². The van der Waals surface area contributed by atoms with E-state index in [2.05, 4.69) is 0 Å². The van der Waals surface area contributed by atoms with Crippen LogP contribution in [0.1, 0.15) is 20.8 Å². The number of ether oxygens (including phenoxy) is 1. The van der Waals surface area contributed by atoms with E-state index in [1.54, 1.807) is 49.6 Å². The standard InChI is InChI=1S/C32H26ClNO6S/c1-39-27-4-2-3-21(15-27)19-34(28(31(36)37)16-20-5-12-26(35)13-6-20)40-32(38)30-18-24-17-23(9-14-29(24)41-30)22-7-10-25(33)11-8-22/h2-15,17-18,28,35H,16,19H2,1H3,(H,36,37)/t28-/m0/s1. The number of hydrogen-bond acceptors (Lipinski definition) is 7. The average molecular weight is 588 g/mol. The second-order valence-electron chi connectivity index (χ2n) is 9.40. The van der Waals surface area contributed by atoms with Gasteiger partial charge in [-0.1, -0.05) is 54.1 Å². The van der Waals surface area contributed by atoms with Crippen molar-refractivity contribution in [3.05, 3.63) is 118 Å². The van der Waals surface area contributed by atoms with Crippen LogP contribution in [0.2, 0.25) is 5.02 Å². The summed E-state index contributed by atoms with van der Waals surface area (Å²) in [5.41, 5.74) is 3.34. The molecule has 7 nitrogen and oxygen atoms in total. The van der Waals surface area contributed by atoms with E-state index in [1.807, 2.05) is 42.5 Å². The number of fused-ring (bicyclic) bond motifs is 1. The summed E-state index contributed by atoms with van der Waals surface area (Å²) in [6, 6.07) is 27.4. The molecule has 41 heavy (non-hydrogen) atoms. The van der Waals surface area contributed by atoms with Crippen LogP contribution in [0.5, 0.6) is 11.5 Å². The summed E-state index contributed by atoms with van der Waals surface area (Å²) in [6.07, 6.45) is 0.0454. The third-order valence-corrected chi connectivity index (χ3v) is 7.91. The third kappa shape index (κ3) is 6.86. The minimum absolute atomic E-state index is 0.0175. The van der Waals surface area contributed by atoms with Crippen LogP contribution in [0.3, 0.4) is 0 Å². The number of aliphatic carboxylic acids is 1. The molecule has 0 saturated carbocycles. The molecular weight excluding hydrogens is 562 g/mol. The predicted molar refractivity (Wildman–Crippen MR) is 159 cm³/mol. The second kappa shape index (κ2) is 12.4. The van der Waals surface area contributed by atoms with Crippen LogP contribution in [0, 0.1) is 0 Å².